The molecule has 2 aromatic rings. The number of amides is 1. The summed E-state index contributed by atoms with van der Waals surface area (Å²) in [6.07, 6.45) is 0. The van der Waals surface area contributed by atoms with Crippen molar-refractivity contribution in [1.29, 1.82) is 0 Å². The summed E-state index contributed by atoms with van der Waals surface area (Å²) in [5, 5.41) is 22.3. The number of nitro groups is 1. The van der Waals surface area contributed by atoms with Gasteiger partial charge in [0.05, 0.1) is 4.92 Å². The fourth-order valence-corrected chi connectivity index (χ4v) is 1.83. The van der Waals surface area contributed by atoms with Crippen molar-refractivity contribution in [3.8, 4) is 5.75 Å². The highest BCUT2D eigenvalue weighted by Crippen LogP contribution is 2.25. The fraction of sp³-hybridized carbons (Fsp3) is 0. The van der Waals surface area contributed by atoms with Crippen molar-refractivity contribution in [2.75, 3.05) is 5.32 Å². The molecule has 0 atom stereocenters. The molecule has 0 saturated heterocycles. The quantitative estimate of drug-likeness (QED) is 0.671. The van der Waals surface area contributed by atoms with Gasteiger partial charge in [-0.1, -0.05) is 17.7 Å². The Morgan fingerprint density at radius 3 is 2.60 bits per heavy atom. The van der Waals surface area contributed by atoms with E-state index < -0.39 is 10.8 Å². The van der Waals surface area contributed by atoms with E-state index in [0.717, 1.165) is 0 Å². The second-order valence-electron chi connectivity index (χ2n) is 3.93. The van der Waals surface area contributed by atoms with Crippen LogP contribution in [0.15, 0.2) is 42.5 Å². The number of benzene rings is 2. The average Bonchev–Trinajstić information content (AvgIpc) is 2.38. The predicted molar refractivity (Wildman–Crippen MR) is 74.2 cm³/mol. The van der Waals surface area contributed by atoms with Crippen LogP contribution < -0.4 is 5.32 Å². The molecule has 0 bridgehead atoms. The van der Waals surface area contributed by atoms with E-state index in [1.54, 1.807) is 12.1 Å². The van der Waals surface area contributed by atoms with Crippen LogP contribution in [-0.4, -0.2) is 15.9 Å². The third-order valence-electron chi connectivity index (χ3n) is 2.51. The number of phenolic OH excluding ortho intramolecular Hbond substituents is 1. The largest absolute Gasteiger partial charge is 0.508 e. The summed E-state index contributed by atoms with van der Waals surface area (Å²) < 4.78 is 0. The normalized spacial score (nSPS) is 10.1. The van der Waals surface area contributed by atoms with E-state index in [0.29, 0.717) is 5.69 Å². The van der Waals surface area contributed by atoms with E-state index in [1.165, 1.54) is 30.3 Å². The van der Waals surface area contributed by atoms with Gasteiger partial charge in [-0.2, -0.15) is 0 Å². The van der Waals surface area contributed by atoms with E-state index in [1.807, 2.05) is 0 Å². The Hall–Kier alpha value is -2.60. The SMILES string of the molecule is O=C(Nc1cccc(O)c1)c1ccc([N+](=O)[O-])c(Cl)c1. The Labute approximate surface area is 118 Å². The van der Waals surface area contributed by atoms with Crippen molar-refractivity contribution in [2.45, 2.75) is 0 Å². The van der Waals surface area contributed by atoms with Gasteiger partial charge in [-0.05, 0) is 24.3 Å². The molecule has 0 aliphatic rings. The van der Waals surface area contributed by atoms with Crippen LogP contribution in [0.5, 0.6) is 5.75 Å². The third-order valence-corrected chi connectivity index (χ3v) is 2.81. The Bertz CT molecular complexity index is 688. The number of hydrogen-bond acceptors (Lipinski definition) is 4. The van der Waals surface area contributed by atoms with E-state index in [4.69, 9.17) is 11.6 Å². The molecule has 2 rings (SSSR count). The number of carbonyl (C=O) groups excluding carboxylic acids is 1. The van der Waals surface area contributed by atoms with Crippen LogP contribution in [0, 0.1) is 10.1 Å². The van der Waals surface area contributed by atoms with Crippen molar-refractivity contribution in [2.24, 2.45) is 0 Å². The molecule has 7 heteroatoms. The lowest BCUT2D eigenvalue weighted by molar-refractivity contribution is -0.384. The Balaban J connectivity index is 2.22. The van der Waals surface area contributed by atoms with Gasteiger partial charge in [0.25, 0.3) is 11.6 Å². The molecule has 6 nitrogen and oxygen atoms in total. The molecule has 0 aromatic heterocycles. The van der Waals surface area contributed by atoms with E-state index >= 15 is 0 Å². The summed E-state index contributed by atoms with van der Waals surface area (Å²) in [6.45, 7) is 0. The molecule has 2 N–H and O–H groups in total. The summed E-state index contributed by atoms with van der Waals surface area (Å²) in [5.74, 6) is -0.461. The van der Waals surface area contributed by atoms with E-state index in [2.05, 4.69) is 5.32 Å². The van der Waals surface area contributed by atoms with E-state index in [9.17, 15) is 20.0 Å². The first-order valence-corrected chi connectivity index (χ1v) is 5.89. The minimum Gasteiger partial charge on any atom is -0.508 e. The number of anilines is 1. The topological polar surface area (TPSA) is 92.5 Å². The minimum atomic E-state index is -0.626. The molecule has 0 unspecified atom stereocenters. The monoisotopic (exact) mass is 292 g/mol. The van der Waals surface area contributed by atoms with Gasteiger partial charge in [0.15, 0.2) is 0 Å². The van der Waals surface area contributed by atoms with E-state index in [-0.39, 0.29) is 22.0 Å². The van der Waals surface area contributed by atoms with Crippen molar-refractivity contribution >= 4 is 28.9 Å². The van der Waals surface area contributed by atoms with Crippen LogP contribution in [0.4, 0.5) is 11.4 Å². The standard InChI is InChI=1S/C13H9ClN2O4/c14-11-6-8(4-5-12(11)16(19)20)13(18)15-9-2-1-3-10(17)7-9/h1-7,17H,(H,15,18). The number of phenols is 1. The number of aromatic hydroxyl groups is 1. The highest BCUT2D eigenvalue weighted by Gasteiger charge is 2.15. The number of nitro benzene ring substituents is 1. The van der Waals surface area contributed by atoms with Crippen LogP contribution in [0.1, 0.15) is 10.4 Å². The number of hydrogen-bond donors (Lipinski definition) is 2. The smallest absolute Gasteiger partial charge is 0.287 e. The molecule has 2 aromatic carbocycles. The summed E-state index contributed by atoms with van der Waals surface area (Å²) in [4.78, 5) is 21.9. The molecule has 20 heavy (non-hydrogen) atoms. The lowest BCUT2D eigenvalue weighted by atomic mass is 10.2. The Morgan fingerprint density at radius 2 is 2.00 bits per heavy atom. The van der Waals surface area contributed by atoms with Gasteiger partial charge in [0, 0.05) is 23.4 Å². The molecule has 0 radical (unpaired) electrons. The number of nitrogens with one attached hydrogen (secondary N) is 1. The van der Waals surface area contributed by atoms with Crippen LogP contribution >= 0.6 is 11.6 Å². The van der Waals surface area contributed by atoms with Gasteiger partial charge >= 0.3 is 0 Å². The second-order valence-corrected chi connectivity index (χ2v) is 4.33. The van der Waals surface area contributed by atoms with Gasteiger partial charge in [-0.3, -0.25) is 14.9 Å². The van der Waals surface area contributed by atoms with Crippen molar-refractivity contribution in [3.05, 3.63) is 63.2 Å². The predicted octanol–water partition coefficient (Wildman–Crippen LogP) is 3.21. The zero-order valence-electron chi connectivity index (χ0n) is 10.0. The molecule has 0 saturated carbocycles. The molecular weight excluding hydrogens is 284 g/mol. The lowest BCUT2D eigenvalue weighted by Crippen LogP contribution is -2.11. The number of nitrogens with zero attached hydrogens (tertiary/aromatic N) is 1. The number of rotatable bonds is 3. The van der Waals surface area contributed by atoms with Crippen molar-refractivity contribution in [1.82, 2.24) is 0 Å². The minimum absolute atomic E-state index is 0.0181. The highest BCUT2D eigenvalue weighted by molar-refractivity contribution is 6.33. The molecule has 102 valence electrons. The average molecular weight is 293 g/mol. The maximum Gasteiger partial charge on any atom is 0.287 e. The van der Waals surface area contributed by atoms with Gasteiger partial charge in [-0.15, -0.1) is 0 Å². The molecule has 0 heterocycles. The van der Waals surface area contributed by atoms with Crippen molar-refractivity contribution in [3.63, 3.8) is 0 Å². The first-order valence-electron chi connectivity index (χ1n) is 5.51. The maximum atomic E-state index is 11.9. The first-order chi connectivity index (χ1) is 9.47. The van der Waals surface area contributed by atoms with Crippen LogP contribution in [0.3, 0.4) is 0 Å². The molecule has 1 amide bonds. The summed E-state index contributed by atoms with van der Waals surface area (Å²) in [5.41, 5.74) is 0.328. The maximum absolute atomic E-state index is 11.9. The van der Waals surface area contributed by atoms with Gasteiger partial charge in [-0.25, -0.2) is 0 Å². The molecule has 0 fully saturated rings. The number of halogens is 1. The van der Waals surface area contributed by atoms with Crippen molar-refractivity contribution < 1.29 is 14.8 Å². The van der Waals surface area contributed by atoms with Gasteiger partial charge < -0.3 is 10.4 Å². The lowest BCUT2D eigenvalue weighted by Gasteiger charge is -2.06. The van der Waals surface area contributed by atoms with Gasteiger partial charge in [0.2, 0.25) is 0 Å². The second kappa shape index (κ2) is 5.58. The molecule has 0 aliphatic carbocycles. The van der Waals surface area contributed by atoms with Gasteiger partial charge in [0.1, 0.15) is 10.8 Å². The summed E-state index contributed by atoms with van der Waals surface area (Å²) >= 11 is 5.74. The Morgan fingerprint density at radius 1 is 1.25 bits per heavy atom. The van der Waals surface area contributed by atoms with Crippen LogP contribution in [0.2, 0.25) is 5.02 Å². The zero-order chi connectivity index (χ0) is 14.7. The Kier molecular flexibility index (Phi) is 3.86. The fourth-order valence-electron chi connectivity index (χ4n) is 1.58. The molecular formula is C13H9ClN2O4. The van der Waals surface area contributed by atoms with Crippen LogP contribution in [-0.2, 0) is 0 Å². The number of carbonyl (C=O) groups is 1. The highest BCUT2D eigenvalue weighted by atomic mass is 35.5. The first kappa shape index (κ1) is 13.8. The third kappa shape index (κ3) is 3.04. The zero-order valence-corrected chi connectivity index (χ0v) is 10.8. The summed E-state index contributed by atoms with van der Waals surface area (Å²) in [7, 11) is 0. The molecule has 0 spiro atoms. The van der Waals surface area contributed by atoms with Crippen LogP contribution in [0.25, 0.3) is 0 Å². The molecule has 0 aliphatic heterocycles. The summed E-state index contributed by atoms with van der Waals surface area (Å²) in [6, 6.07) is 9.72.